The molecule has 0 aliphatic carbocycles. The van der Waals surface area contributed by atoms with Crippen LogP contribution in [0.3, 0.4) is 0 Å². The quantitative estimate of drug-likeness (QED) is 0.678. The highest BCUT2D eigenvalue weighted by atomic mass is 35.5. The maximum absolute atomic E-state index is 13.3. The Labute approximate surface area is 134 Å². The summed E-state index contributed by atoms with van der Waals surface area (Å²) >= 11 is 0. The highest BCUT2D eigenvalue weighted by Gasteiger charge is 2.28. The number of amides is 1. The summed E-state index contributed by atoms with van der Waals surface area (Å²) in [6.07, 6.45) is 1.69. The van der Waals surface area contributed by atoms with Gasteiger partial charge in [0, 0.05) is 19.2 Å². The SMILES string of the molecule is CNCC1CCN(C(=O)c2cc(F)ccc2[N+](=O)[O-])CC1.Cl. The van der Waals surface area contributed by atoms with Gasteiger partial charge in [-0.25, -0.2) is 4.39 Å². The summed E-state index contributed by atoms with van der Waals surface area (Å²) in [4.78, 5) is 24.3. The summed E-state index contributed by atoms with van der Waals surface area (Å²) in [5, 5.41) is 14.1. The van der Waals surface area contributed by atoms with E-state index in [4.69, 9.17) is 0 Å². The fourth-order valence-electron chi connectivity index (χ4n) is 2.64. The Bertz CT molecular complexity index is 548. The summed E-state index contributed by atoms with van der Waals surface area (Å²) in [6, 6.07) is 2.98. The molecule has 22 heavy (non-hydrogen) atoms. The lowest BCUT2D eigenvalue weighted by molar-refractivity contribution is -0.385. The van der Waals surface area contributed by atoms with Crippen molar-refractivity contribution in [3.63, 3.8) is 0 Å². The van der Waals surface area contributed by atoms with Gasteiger partial charge >= 0.3 is 0 Å². The molecule has 1 N–H and O–H groups in total. The lowest BCUT2D eigenvalue weighted by Gasteiger charge is -2.31. The minimum atomic E-state index is -0.652. The molecule has 1 heterocycles. The highest BCUT2D eigenvalue weighted by Crippen LogP contribution is 2.24. The van der Waals surface area contributed by atoms with Crippen molar-refractivity contribution in [1.29, 1.82) is 0 Å². The van der Waals surface area contributed by atoms with E-state index in [0.717, 1.165) is 37.6 Å². The molecule has 1 aliphatic heterocycles. The molecule has 0 aromatic heterocycles. The standard InChI is InChI=1S/C14H18FN3O3.ClH/c1-16-9-10-4-6-17(7-5-10)14(19)12-8-11(15)2-3-13(12)18(20)21;/h2-3,8,10,16H,4-7,9H2,1H3;1H. The molecule has 1 amide bonds. The van der Waals surface area contributed by atoms with Crippen LogP contribution in [-0.2, 0) is 0 Å². The van der Waals surface area contributed by atoms with Gasteiger partial charge in [0.15, 0.2) is 0 Å². The molecule has 0 spiro atoms. The van der Waals surface area contributed by atoms with Crippen molar-refractivity contribution in [1.82, 2.24) is 10.2 Å². The number of nitro groups is 1. The fraction of sp³-hybridized carbons (Fsp3) is 0.500. The second kappa shape index (κ2) is 8.05. The lowest BCUT2D eigenvalue weighted by atomic mass is 9.96. The van der Waals surface area contributed by atoms with Gasteiger partial charge in [0.2, 0.25) is 0 Å². The van der Waals surface area contributed by atoms with Crippen molar-refractivity contribution < 1.29 is 14.1 Å². The molecule has 1 fully saturated rings. The molecule has 6 nitrogen and oxygen atoms in total. The zero-order valence-electron chi connectivity index (χ0n) is 12.3. The van der Waals surface area contributed by atoms with Gasteiger partial charge in [0.05, 0.1) is 4.92 Å². The van der Waals surface area contributed by atoms with E-state index < -0.39 is 16.6 Å². The van der Waals surface area contributed by atoms with Crippen LogP contribution in [0.4, 0.5) is 10.1 Å². The van der Waals surface area contributed by atoms with E-state index in [9.17, 15) is 19.3 Å². The number of hydrogen-bond acceptors (Lipinski definition) is 4. The highest BCUT2D eigenvalue weighted by molar-refractivity contribution is 5.98. The number of likely N-dealkylation sites (tertiary alicyclic amines) is 1. The number of nitrogens with zero attached hydrogens (tertiary/aromatic N) is 2. The van der Waals surface area contributed by atoms with Crippen LogP contribution in [-0.4, -0.2) is 42.4 Å². The van der Waals surface area contributed by atoms with Gasteiger partial charge in [-0.2, -0.15) is 0 Å². The number of carbonyl (C=O) groups is 1. The molecule has 8 heteroatoms. The number of rotatable bonds is 4. The van der Waals surface area contributed by atoms with Gasteiger partial charge in [-0.1, -0.05) is 0 Å². The molecule has 0 unspecified atom stereocenters. The molecule has 122 valence electrons. The van der Waals surface area contributed by atoms with Crippen LogP contribution in [0.2, 0.25) is 0 Å². The average Bonchev–Trinajstić information content (AvgIpc) is 2.47. The molecule has 1 aliphatic rings. The van der Waals surface area contributed by atoms with E-state index in [-0.39, 0.29) is 23.7 Å². The van der Waals surface area contributed by atoms with Gasteiger partial charge in [0.25, 0.3) is 11.6 Å². The summed E-state index contributed by atoms with van der Waals surface area (Å²) in [6.45, 7) is 1.97. The topological polar surface area (TPSA) is 75.5 Å². The van der Waals surface area contributed by atoms with Crippen LogP contribution in [0.15, 0.2) is 18.2 Å². The minimum absolute atomic E-state index is 0. The Kier molecular flexibility index (Phi) is 6.70. The molecular formula is C14H19ClFN3O3. The molecule has 1 aromatic rings. The predicted molar refractivity (Wildman–Crippen MR) is 82.9 cm³/mol. The molecule has 0 saturated carbocycles. The third-order valence-corrected chi connectivity index (χ3v) is 3.78. The van der Waals surface area contributed by atoms with Gasteiger partial charge in [-0.05, 0) is 44.5 Å². The minimum Gasteiger partial charge on any atom is -0.338 e. The Morgan fingerprint density at radius 1 is 1.45 bits per heavy atom. The average molecular weight is 332 g/mol. The molecule has 0 atom stereocenters. The number of nitrogens with one attached hydrogen (secondary N) is 1. The molecule has 2 rings (SSSR count). The van der Waals surface area contributed by atoms with Crippen LogP contribution in [0.5, 0.6) is 0 Å². The number of hydrogen-bond donors (Lipinski definition) is 1. The van der Waals surface area contributed by atoms with Crippen molar-refractivity contribution >= 4 is 24.0 Å². The number of carbonyl (C=O) groups excluding carboxylic acids is 1. The number of nitro benzene ring substituents is 1. The number of piperidine rings is 1. The van der Waals surface area contributed by atoms with Gasteiger partial charge in [0.1, 0.15) is 11.4 Å². The molecule has 0 radical (unpaired) electrons. The molecule has 0 bridgehead atoms. The van der Waals surface area contributed by atoms with Crippen LogP contribution < -0.4 is 5.32 Å². The van der Waals surface area contributed by atoms with Crippen molar-refractivity contribution in [2.75, 3.05) is 26.7 Å². The summed E-state index contributed by atoms with van der Waals surface area (Å²) in [5.41, 5.74) is -0.522. The third kappa shape index (κ3) is 4.14. The first-order valence-corrected chi connectivity index (χ1v) is 6.90. The first-order valence-electron chi connectivity index (χ1n) is 6.90. The maximum Gasteiger partial charge on any atom is 0.282 e. The number of halogens is 2. The first kappa shape index (κ1) is 18.3. The smallest absolute Gasteiger partial charge is 0.282 e. The zero-order chi connectivity index (χ0) is 15.4. The van der Waals surface area contributed by atoms with Crippen molar-refractivity contribution in [3.05, 3.63) is 39.7 Å². The molecule has 1 saturated heterocycles. The maximum atomic E-state index is 13.3. The predicted octanol–water partition coefficient (Wildman–Crippen LogP) is 2.23. The monoisotopic (exact) mass is 331 g/mol. The summed E-state index contributed by atoms with van der Waals surface area (Å²) in [5.74, 6) is -0.611. The second-order valence-electron chi connectivity index (χ2n) is 5.21. The van der Waals surface area contributed by atoms with Crippen LogP contribution >= 0.6 is 12.4 Å². The Balaban J connectivity index is 0.00000242. The van der Waals surface area contributed by atoms with Crippen molar-refractivity contribution in [2.24, 2.45) is 5.92 Å². The summed E-state index contributed by atoms with van der Waals surface area (Å²) < 4.78 is 13.3. The van der Waals surface area contributed by atoms with E-state index in [1.807, 2.05) is 7.05 Å². The molecular weight excluding hydrogens is 313 g/mol. The van der Waals surface area contributed by atoms with E-state index in [1.54, 1.807) is 4.90 Å². The third-order valence-electron chi connectivity index (χ3n) is 3.78. The van der Waals surface area contributed by atoms with Crippen LogP contribution in [0.25, 0.3) is 0 Å². The van der Waals surface area contributed by atoms with E-state index >= 15 is 0 Å². The van der Waals surface area contributed by atoms with Gasteiger partial charge < -0.3 is 10.2 Å². The number of benzene rings is 1. The fourth-order valence-corrected chi connectivity index (χ4v) is 2.64. The van der Waals surface area contributed by atoms with E-state index in [0.29, 0.717) is 19.0 Å². The van der Waals surface area contributed by atoms with Gasteiger partial charge in [-0.3, -0.25) is 14.9 Å². The van der Waals surface area contributed by atoms with Crippen molar-refractivity contribution in [2.45, 2.75) is 12.8 Å². The largest absolute Gasteiger partial charge is 0.338 e. The lowest BCUT2D eigenvalue weighted by Crippen LogP contribution is -2.40. The Morgan fingerprint density at radius 2 is 2.09 bits per heavy atom. The summed E-state index contributed by atoms with van der Waals surface area (Å²) in [7, 11) is 1.88. The van der Waals surface area contributed by atoms with Crippen molar-refractivity contribution in [3.8, 4) is 0 Å². The first-order chi connectivity index (χ1) is 10.0. The molecule has 1 aromatic carbocycles. The van der Waals surface area contributed by atoms with E-state index in [1.165, 1.54) is 0 Å². The van der Waals surface area contributed by atoms with Crippen LogP contribution in [0.1, 0.15) is 23.2 Å². The Hall–Kier alpha value is -1.73. The van der Waals surface area contributed by atoms with Gasteiger partial charge in [-0.15, -0.1) is 12.4 Å². The second-order valence-corrected chi connectivity index (χ2v) is 5.21. The Morgan fingerprint density at radius 3 is 2.64 bits per heavy atom. The van der Waals surface area contributed by atoms with E-state index in [2.05, 4.69) is 5.32 Å². The van der Waals surface area contributed by atoms with Crippen LogP contribution in [0, 0.1) is 21.8 Å². The normalized spacial score (nSPS) is 15.3. The zero-order valence-corrected chi connectivity index (χ0v) is 13.1.